The van der Waals surface area contributed by atoms with E-state index in [1.165, 1.54) is 19.3 Å². The molecule has 1 heterocycles. The van der Waals surface area contributed by atoms with Gasteiger partial charge in [-0.3, -0.25) is 4.79 Å². The summed E-state index contributed by atoms with van der Waals surface area (Å²) in [5.74, 6) is 1.74. The van der Waals surface area contributed by atoms with Gasteiger partial charge in [0.1, 0.15) is 0 Å². The fraction of sp³-hybridized carbons (Fsp3) is 0.824. The van der Waals surface area contributed by atoms with Gasteiger partial charge in [-0.15, -0.1) is 10.2 Å². The van der Waals surface area contributed by atoms with Crippen molar-refractivity contribution in [3.8, 4) is 0 Å². The Hall–Kier alpha value is -1.06. The first kappa shape index (κ1) is 18.3. The molecule has 4 bridgehead atoms. The largest absolute Gasteiger partial charge is 0.300 e. The molecular weight excluding hydrogens is 372 g/mol. The minimum Gasteiger partial charge on any atom is -0.300 e. The van der Waals surface area contributed by atoms with Crippen LogP contribution >= 0.6 is 11.3 Å². The van der Waals surface area contributed by atoms with Gasteiger partial charge in [0, 0.05) is 11.0 Å². The molecule has 2 N–H and O–H groups in total. The van der Waals surface area contributed by atoms with E-state index in [1.807, 2.05) is 0 Å². The predicted molar refractivity (Wildman–Crippen MR) is 99.2 cm³/mol. The van der Waals surface area contributed by atoms with E-state index in [0.29, 0.717) is 17.8 Å². The van der Waals surface area contributed by atoms with E-state index in [0.717, 1.165) is 30.6 Å². The van der Waals surface area contributed by atoms with Crippen LogP contribution in [0.5, 0.6) is 0 Å². The number of aromatic nitrogens is 2. The molecular formula is C17H26N4O3S2. The zero-order chi connectivity index (χ0) is 18.7. The van der Waals surface area contributed by atoms with Gasteiger partial charge in [0.25, 0.3) is 10.0 Å². The summed E-state index contributed by atoms with van der Waals surface area (Å²) in [6.45, 7) is 5.36. The van der Waals surface area contributed by atoms with Crippen molar-refractivity contribution in [2.24, 2.45) is 23.2 Å². The average molecular weight is 399 g/mol. The second kappa shape index (κ2) is 5.97. The van der Waals surface area contributed by atoms with E-state index in [9.17, 15) is 13.2 Å². The first-order valence-corrected chi connectivity index (χ1v) is 11.5. The molecule has 144 valence electrons. The van der Waals surface area contributed by atoms with Gasteiger partial charge in [-0.25, -0.2) is 13.1 Å². The maximum absolute atomic E-state index is 12.9. The molecule has 0 spiro atoms. The normalized spacial score (nSPS) is 33.4. The van der Waals surface area contributed by atoms with Crippen molar-refractivity contribution in [1.82, 2.24) is 14.9 Å². The van der Waals surface area contributed by atoms with E-state index < -0.39 is 15.4 Å². The van der Waals surface area contributed by atoms with Crippen LogP contribution in [-0.2, 0) is 14.8 Å². The Morgan fingerprint density at radius 1 is 1.08 bits per heavy atom. The van der Waals surface area contributed by atoms with Crippen molar-refractivity contribution in [3.05, 3.63) is 0 Å². The molecule has 1 aromatic heterocycles. The Kier molecular flexibility index (Phi) is 4.20. The van der Waals surface area contributed by atoms with Crippen molar-refractivity contribution < 1.29 is 13.2 Å². The second-order valence-electron chi connectivity index (χ2n) is 9.38. The number of nitrogens with one attached hydrogen (secondary N) is 2. The molecule has 4 aliphatic rings. The monoisotopic (exact) mass is 398 g/mol. The summed E-state index contributed by atoms with van der Waals surface area (Å²) in [4.78, 5) is 12.1. The van der Waals surface area contributed by atoms with Crippen LogP contribution in [0, 0.1) is 23.2 Å². The maximum Gasteiger partial charge on any atom is 0.270 e. The number of carbonyl (C=O) groups excluding carboxylic acids is 1. The van der Waals surface area contributed by atoms with Crippen molar-refractivity contribution >= 4 is 32.4 Å². The Balaban J connectivity index is 1.50. The molecule has 9 heteroatoms. The van der Waals surface area contributed by atoms with Crippen molar-refractivity contribution in [1.29, 1.82) is 0 Å². The summed E-state index contributed by atoms with van der Waals surface area (Å²) in [6.07, 6.45) is 6.56. The second-order valence-corrected chi connectivity index (χ2v) is 12.2. The number of hydrogen-bond acceptors (Lipinski definition) is 6. The molecule has 26 heavy (non-hydrogen) atoms. The highest BCUT2D eigenvalue weighted by Crippen LogP contribution is 2.56. The SMILES string of the molecule is CC(C)(C)C(=O)Nc1nnc(S(=O)(=O)NC23CC4CC(CC(C4)C2)C3)s1. The molecule has 0 saturated heterocycles. The van der Waals surface area contributed by atoms with Crippen molar-refractivity contribution in [2.75, 3.05) is 5.32 Å². The topological polar surface area (TPSA) is 101 Å². The lowest BCUT2D eigenvalue weighted by Crippen LogP contribution is -2.59. The number of carbonyl (C=O) groups is 1. The van der Waals surface area contributed by atoms with Crippen molar-refractivity contribution in [2.45, 2.75) is 69.2 Å². The summed E-state index contributed by atoms with van der Waals surface area (Å²) >= 11 is 0.908. The third kappa shape index (κ3) is 3.41. The van der Waals surface area contributed by atoms with Gasteiger partial charge in [0.2, 0.25) is 15.4 Å². The number of anilines is 1. The summed E-state index contributed by atoms with van der Waals surface area (Å²) in [5, 5.41) is 10.5. The minimum absolute atomic E-state index is 0.0718. The Bertz CT molecular complexity index is 790. The van der Waals surface area contributed by atoms with Crippen LogP contribution in [0.1, 0.15) is 59.3 Å². The van der Waals surface area contributed by atoms with Gasteiger partial charge in [-0.05, 0) is 56.3 Å². The smallest absolute Gasteiger partial charge is 0.270 e. The van der Waals surface area contributed by atoms with Gasteiger partial charge < -0.3 is 5.32 Å². The molecule has 0 atom stereocenters. The Morgan fingerprint density at radius 2 is 1.62 bits per heavy atom. The van der Waals surface area contributed by atoms with Gasteiger partial charge >= 0.3 is 0 Å². The number of rotatable bonds is 4. The van der Waals surface area contributed by atoms with Crippen LogP contribution in [0.4, 0.5) is 5.13 Å². The number of nitrogens with zero attached hydrogens (tertiary/aromatic N) is 2. The Labute approximate surface area is 158 Å². The summed E-state index contributed by atoms with van der Waals surface area (Å²) in [7, 11) is -3.73. The van der Waals surface area contributed by atoms with Crippen LogP contribution in [0.2, 0.25) is 0 Å². The lowest BCUT2D eigenvalue weighted by molar-refractivity contribution is -0.123. The summed E-state index contributed by atoms with van der Waals surface area (Å²) < 4.78 is 28.7. The molecule has 0 aromatic carbocycles. The van der Waals surface area contributed by atoms with Gasteiger partial charge in [0.05, 0.1) is 0 Å². The lowest BCUT2D eigenvalue weighted by atomic mass is 9.53. The fourth-order valence-electron chi connectivity index (χ4n) is 5.22. The third-order valence-electron chi connectivity index (χ3n) is 5.93. The van der Waals surface area contributed by atoms with E-state index in [2.05, 4.69) is 20.2 Å². The zero-order valence-electron chi connectivity index (χ0n) is 15.4. The molecule has 0 radical (unpaired) electrons. The quantitative estimate of drug-likeness (QED) is 0.760. The van der Waals surface area contributed by atoms with E-state index in [4.69, 9.17) is 0 Å². The minimum atomic E-state index is -3.73. The zero-order valence-corrected chi connectivity index (χ0v) is 17.0. The maximum atomic E-state index is 12.9. The van der Waals surface area contributed by atoms with Crippen LogP contribution in [-0.4, -0.2) is 30.1 Å². The Morgan fingerprint density at radius 3 is 2.12 bits per heavy atom. The molecule has 7 nitrogen and oxygen atoms in total. The van der Waals surface area contributed by atoms with Gasteiger partial charge in [0.15, 0.2) is 0 Å². The first-order chi connectivity index (χ1) is 12.0. The molecule has 4 fully saturated rings. The molecule has 1 aromatic rings. The predicted octanol–water partition coefficient (Wildman–Crippen LogP) is 2.77. The number of sulfonamides is 1. The number of hydrogen-bond donors (Lipinski definition) is 2. The first-order valence-electron chi connectivity index (χ1n) is 9.24. The lowest BCUT2D eigenvalue weighted by Gasteiger charge is -2.56. The van der Waals surface area contributed by atoms with Crippen LogP contribution < -0.4 is 10.0 Å². The third-order valence-corrected chi connectivity index (χ3v) is 8.71. The highest BCUT2D eigenvalue weighted by Gasteiger charge is 2.52. The van der Waals surface area contributed by atoms with Gasteiger partial charge in [-0.1, -0.05) is 32.1 Å². The summed E-state index contributed by atoms with van der Waals surface area (Å²) in [5.41, 5.74) is -0.893. The molecule has 0 aliphatic heterocycles. The molecule has 0 unspecified atom stereocenters. The number of amides is 1. The standard InChI is InChI=1S/C17H26N4O3S2/c1-16(2,3)13(22)18-14-19-20-15(25-14)26(23,24)21-17-7-10-4-11(8-17)6-12(5-10)9-17/h10-12,21H,4-9H2,1-3H3,(H,18,19,22). The van der Waals surface area contributed by atoms with E-state index >= 15 is 0 Å². The fourth-order valence-corrected chi connectivity index (χ4v) is 7.55. The van der Waals surface area contributed by atoms with Crippen LogP contribution in [0.25, 0.3) is 0 Å². The van der Waals surface area contributed by atoms with E-state index in [-0.39, 0.29) is 20.9 Å². The summed E-state index contributed by atoms with van der Waals surface area (Å²) in [6, 6.07) is 0. The molecule has 4 saturated carbocycles. The van der Waals surface area contributed by atoms with Crippen molar-refractivity contribution in [3.63, 3.8) is 0 Å². The van der Waals surface area contributed by atoms with Gasteiger partial charge in [-0.2, -0.15) is 0 Å². The van der Waals surface area contributed by atoms with Crippen LogP contribution in [0.15, 0.2) is 4.34 Å². The van der Waals surface area contributed by atoms with Crippen LogP contribution in [0.3, 0.4) is 0 Å². The average Bonchev–Trinajstić information content (AvgIpc) is 2.93. The van der Waals surface area contributed by atoms with E-state index in [1.54, 1.807) is 20.8 Å². The highest BCUT2D eigenvalue weighted by molar-refractivity contribution is 7.91. The molecule has 1 amide bonds. The molecule has 5 rings (SSSR count). The molecule has 4 aliphatic carbocycles. The highest BCUT2D eigenvalue weighted by atomic mass is 32.2.